The van der Waals surface area contributed by atoms with Crippen LogP contribution in [0.3, 0.4) is 0 Å². The first-order valence-corrected chi connectivity index (χ1v) is 6.12. The number of rotatable bonds is 4. The number of benzene rings is 1. The lowest BCUT2D eigenvalue weighted by Crippen LogP contribution is -2.22. The van der Waals surface area contributed by atoms with E-state index in [-0.39, 0.29) is 11.6 Å². The predicted molar refractivity (Wildman–Crippen MR) is 65.6 cm³/mol. The average Bonchev–Trinajstić information content (AvgIpc) is 2.68. The molecule has 0 spiro atoms. The summed E-state index contributed by atoms with van der Waals surface area (Å²) in [7, 11) is 0. The Morgan fingerprint density at radius 3 is 2.74 bits per heavy atom. The van der Waals surface area contributed by atoms with E-state index in [1.807, 2.05) is 6.92 Å². The van der Waals surface area contributed by atoms with Crippen LogP contribution in [0.2, 0.25) is 0 Å². The second-order valence-corrected chi connectivity index (χ2v) is 4.54. The highest BCUT2D eigenvalue weighted by molar-refractivity contribution is 5.73. The molecule has 2 aromatic rings. The zero-order valence-electron chi connectivity index (χ0n) is 10.5. The molecule has 0 amide bonds. The smallest absolute Gasteiger partial charge is 0.416 e. The van der Waals surface area contributed by atoms with Crippen LogP contribution in [-0.2, 0) is 12.6 Å². The Bertz CT molecular complexity index is 563. The molecule has 0 saturated heterocycles. The highest BCUT2D eigenvalue weighted by Gasteiger charge is 2.31. The van der Waals surface area contributed by atoms with Crippen molar-refractivity contribution >= 4 is 11.1 Å². The van der Waals surface area contributed by atoms with E-state index in [2.05, 4.69) is 4.98 Å². The van der Waals surface area contributed by atoms with E-state index < -0.39 is 11.7 Å². The summed E-state index contributed by atoms with van der Waals surface area (Å²) in [5.74, 6) is 0.385. The number of hydrogen-bond donors (Lipinski definition) is 1. The highest BCUT2D eigenvalue weighted by atomic mass is 19.4. The van der Waals surface area contributed by atoms with Gasteiger partial charge in [0.15, 0.2) is 11.5 Å². The first-order valence-electron chi connectivity index (χ1n) is 6.12. The zero-order valence-corrected chi connectivity index (χ0v) is 10.5. The quantitative estimate of drug-likeness (QED) is 0.926. The van der Waals surface area contributed by atoms with Gasteiger partial charge in [-0.15, -0.1) is 0 Å². The third-order valence-corrected chi connectivity index (χ3v) is 2.86. The molecule has 0 aliphatic heterocycles. The Kier molecular flexibility index (Phi) is 3.80. The van der Waals surface area contributed by atoms with Gasteiger partial charge in [-0.3, -0.25) is 0 Å². The molecule has 0 radical (unpaired) electrons. The molecule has 19 heavy (non-hydrogen) atoms. The van der Waals surface area contributed by atoms with Crippen LogP contribution in [-0.4, -0.2) is 11.0 Å². The van der Waals surface area contributed by atoms with Crippen LogP contribution in [0.5, 0.6) is 0 Å². The number of alkyl halides is 3. The van der Waals surface area contributed by atoms with Crippen LogP contribution in [0, 0.1) is 0 Å². The molecular formula is C13H15F3N2O. The minimum absolute atomic E-state index is 0.0832. The second-order valence-electron chi connectivity index (χ2n) is 4.54. The first-order chi connectivity index (χ1) is 8.90. The lowest BCUT2D eigenvalue weighted by atomic mass is 10.1. The third-order valence-electron chi connectivity index (χ3n) is 2.86. The van der Waals surface area contributed by atoms with Gasteiger partial charge < -0.3 is 10.2 Å². The molecule has 1 aromatic carbocycles. The molecule has 6 heteroatoms. The van der Waals surface area contributed by atoms with E-state index in [9.17, 15) is 13.2 Å². The van der Waals surface area contributed by atoms with Crippen molar-refractivity contribution in [1.82, 2.24) is 4.98 Å². The van der Waals surface area contributed by atoms with Gasteiger partial charge in [0, 0.05) is 12.5 Å². The maximum absolute atomic E-state index is 12.6. The fourth-order valence-corrected chi connectivity index (χ4v) is 1.94. The summed E-state index contributed by atoms with van der Waals surface area (Å²) in [4.78, 5) is 4.06. The zero-order chi connectivity index (χ0) is 14.0. The number of nitrogens with zero attached hydrogens (tertiary/aromatic N) is 1. The number of halogens is 3. The molecule has 1 atom stereocenters. The van der Waals surface area contributed by atoms with E-state index >= 15 is 0 Å². The van der Waals surface area contributed by atoms with Crippen molar-refractivity contribution in [3.63, 3.8) is 0 Å². The number of aromatic nitrogens is 1. The largest absolute Gasteiger partial charge is 0.441 e. The summed E-state index contributed by atoms with van der Waals surface area (Å²) in [6.07, 6.45) is -2.16. The minimum Gasteiger partial charge on any atom is -0.441 e. The molecule has 2 rings (SSSR count). The van der Waals surface area contributed by atoms with Crippen molar-refractivity contribution in [2.24, 2.45) is 5.73 Å². The van der Waals surface area contributed by atoms with E-state index in [1.54, 1.807) is 0 Å². The molecule has 1 aromatic heterocycles. The van der Waals surface area contributed by atoms with Gasteiger partial charge in [-0.05, 0) is 24.6 Å². The fraction of sp³-hybridized carbons (Fsp3) is 0.462. The van der Waals surface area contributed by atoms with Crippen molar-refractivity contribution in [2.75, 3.05) is 0 Å². The summed E-state index contributed by atoms with van der Waals surface area (Å²) in [5, 5.41) is 0. The van der Waals surface area contributed by atoms with Gasteiger partial charge in [-0.1, -0.05) is 13.3 Å². The predicted octanol–water partition coefficient (Wildman–Crippen LogP) is 3.52. The van der Waals surface area contributed by atoms with Crippen LogP contribution < -0.4 is 5.73 Å². The summed E-state index contributed by atoms with van der Waals surface area (Å²) in [6, 6.07) is 3.19. The van der Waals surface area contributed by atoms with Gasteiger partial charge in [0.25, 0.3) is 0 Å². The van der Waals surface area contributed by atoms with Crippen LogP contribution in [0.15, 0.2) is 22.6 Å². The van der Waals surface area contributed by atoms with Gasteiger partial charge in [0.2, 0.25) is 0 Å². The van der Waals surface area contributed by atoms with Crippen molar-refractivity contribution in [2.45, 2.75) is 38.4 Å². The molecular weight excluding hydrogens is 257 g/mol. The maximum atomic E-state index is 12.6. The van der Waals surface area contributed by atoms with Crippen molar-refractivity contribution < 1.29 is 17.6 Å². The van der Waals surface area contributed by atoms with E-state index in [0.29, 0.717) is 17.9 Å². The minimum atomic E-state index is -4.37. The number of oxazole rings is 1. The van der Waals surface area contributed by atoms with Crippen molar-refractivity contribution in [3.05, 3.63) is 29.7 Å². The number of fused-ring (bicyclic) bond motifs is 1. The standard InChI is InChI=1S/C13H15F3N2O/c1-2-3-9(17)7-12-18-10-6-8(13(14,15)16)4-5-11(10)19-12/h4-6,9H,2-3,7,17H2,1H3. The van der Waals surface area contributed by atoms with Gasteiger partial charge in [-0.2, -0.15) is 13.2 Å². The van der Waals surface area contributed by atoms with E-state index in [1.165, 1.54) is 6.07 Å². The summed E-state index contributed by atoms with van der Waals surface area (Å²) >= 11 is 0. The normalized spacial score (nSPS) is 13.9. The monoisotopic (exact) mass is 272 g/mol. The lowest BCUT2D eigenvalue weighted by Gasteiger charge is -2.05. The SMILES string of the molecule is CCCC(N)Cc1nc2cc(C(F)(F)F)ccc2o1. The Hall–Kier alpha value is -1.56. The molecule has 3 nitrogen and oxygen atoms in total. The summed E-state index contributed by atoms with van der Waals surface area (Å²) in [6.45, 7) is 2.02. The van der Waals surface area contributed by atoms with Crippen LogP contribution in [0.25, 0.3) is 11.1 Å². The lowest BCUT2D eigenvalue weighted by molar-refractivity contribution is -0.137. The summed E-state index contributed by atoms with van der Waals surface area (Å²) < 4.78 is 43.1. The molecule has 104 valence electrons. The Morgan fingerprint density at radius 1 is 1.37 bits per heavy atom. The molecule has 0 aliphatic carbocycles. The van der Waals surface area contributed by atoms with Crippen LogP contribution in [0.4, 0.5) is 13.2 Å². The average molecular weight is 272 g/mol. The highest BCUT2D eigenvalue weighted by Crippen LogP contribution is 2.31. The first kappa shape index (κ1) is 13.9. The van der Waals surface area contributed by atoms with E-state index in [4.69, 9.17) is 10.2 Å². The van der Waals surface area contributed by atoms with Crippen LogP contribution >= 0.6 is 0 Å². The second kappa shape index (κ2) is 5.21. The molecule has 0 aliphatic rings. The third kappa shape index (κ3) is 3.26. The Balaban J connectivity index is 2.26. The molecule has 0 bridgehead atoms. The van der Waals surface area contributed by atoms with E-state index in [0.717, 1.165) is 25.0 Å². The molecule has 0 saturated carbocycles. The maximum Gasteiger partial charge on any atom is 0.416 e. The molecule has 1 unspecified atom stereocenters. The molecule has 2 N–H and O–H groups in total. The number of hydrogen-bond acceptors (Lipinski definition) is 3. The van der Waals surface area contributed by atoms with Crippen LogP contribution in [0.1, 0.15) is 31.2 Å². The Labute approximate surface area is 108 Å². The van der Waals surface area contributed by atoms with Gasteiger partial charge in [0.05, 0.1) is 5.56 Å². The topological polar surface area (TPSA) is 52.0 Å². The summed E-state index contributed by atoms with van der Waals surface area (Å²) in [5.41, 5.74) is 5.70. The van der Waals surface area contributed by atoms with Crippen molar-refractivity contribution in [3.8, 4) is 0 Å². The Morgan fingerprint density at radius 2 is 2.11 bits per heavy atom. The fourth-order valence-electron chi connectivity index (χ4n) is 1.94. The van der Waals surface area contributed by atoms with Gasteiger partial charge >= 0.3 is 6.18 Å². The molecule has 0 fully saturated rings. The van der Waals surface area contributed by atoms with Gasteiger partial charge in [-0.25, -0.2) is 4.98 Å². The van der Waals surface area contributed by atoms with Gasteiger partial charge in [0.1, 0.15) is 5.52 Å². The van der Waals surface area contributed by atoms with Crippen molar-refractivity contribution in [1.29, 1.82) is 0 Å². The number of nitrogens with two attached hydrogens (primary N) is 1. The molecule has 1 heterocycles.